The number of amides is 7. The fourth-order valence-electron chi connectivity index (χ4n) is 6.83. The smallest absolute Gasteiger partial charge is 0.326 e. The predicted octanol–water partition coefficient (Wildman–Crippen LogP) is -3.72. The van der Waals surface area contributed by atoms with Crippen molar-refractivity contribution in [3.05, 3.63) is 35.4 Å². The number of ether oxygens (including phenoxy) is 1. The largest absolute Gasteiger partial charge is 0.480 e. The second-order valence-corrected chi connectivity index (χ2v) is 18.6. The molecule has 0 saturated carbocycles. The van der Waals surface area contributed by atoms with E-state index in [0.717, 1.165) is 5.56 Å². The molecule has 1 fully saturated rings. The average molecular weight is 1010 g/mol. The van der Waals surface area contributed by atoms with Gasteiger partial charge in [-0.15, -0.1) is 11.8 Å². The van der Waals surface area contributed by atoms with Crippen LogP contribution in [0.4, 0.5) is 0 Å². The maximum Gasteiger partial charge on any atom is 0.326 e. The molecular formula is C45H73N9O15S. The molecule has 1 heterocycles. The Hall–Kier alpha value is -5.28. The zero-order valence-electron chi connectivity index (χ0n) is 40.1. The Balaban J connectivity index is 1.84. The SMILES string of the molecule is CC(C)CC(NC(=O)C(CCCCN)NC(=O)C(C)C(=O)CNC(=O)CNC(=O)CNC(=O)C(CCCCN)NC(=O)C(C)NC(=O)c1ccc(CCSC2OC(CO)C(O)C(O)C2O)cc1)C(=O)O. The second-order valence-electron chi connectivity index (χ2n) is 17.4. The molecule has 0 spiro atoms. The Bertz CT molecular complexity index is 1890. The number of ketones is 1. The number of carboxylic acids is 1. The number of aliphatic carboxylic acids is 1. The average Bonchev–Trinajstić information content (AvgIpc) is 3.32. The highest BCUT2D eigenvalue weighted by atomic mass is 32.2. The van der Waals surface area contributed by atoms with E-state index >= 15 is 0 Å². The fourth-order valence-corrected chi connectivity index (χ4v) is 7.99. The summed E-state index contributed by atoms with van der Waals surface area (Å²) in [6, 6.07) is 1.94. The van der Waals surface area contributed by atoms with Gasteiger partial charge in [-0.2, -0.15) is 0 Å². The summed E-state index contributed by atoms with van der Waals surface area (Å²) in [4.78, 5) is 115. The molecule has 394 valence electrons. The topological polar surface area (TPSA) is 400 Å². The number of benzene rings is 1. The molecule has 1 saturated heterocycles. The van der Waals surface area contributed by atoms with Gasteiger partial charge in [0.25, 0.3) is 5.91 Å². The number of aliphatic hydroxyl groups is 4. The van der Waals surface area contributed by atoms with Crippen LogP contribution in [0.5, 0.6) is 0 Å². The summed E-state index contributed by atoms with van der Waals surface area (Å²) in [6.45, 7) is 4.59. The minimum Gasteiger partial charge on any atom is -0.480 e. The molecule has 1 aliphatic heterocycles. The zero-order valence-corrected chi connectivity index (χ0v) is 41.0. The van der Waals surface area contributed by atoms with Crippen molar-refractivity contribution in [2.45, 2.75) is 133 Å². The van der Waals surface area contributed by atoms with E-state index < -0.39 is 139 Å². The summed E-state index contributed by atoms with van der Waals surface area (Å²) in [5.74, 6) is -8.02. The first-order chi connectivity index (χ1) is 33.1. The van der Waals surface area contributed by atoms with Gasteiger partial charge in [-0.1, -0.05) is 26.0 Å². The lowest BCUT2D eigenvalue weighted by molar-refractivity contribution is -0.205. The number of thioether (sulfide) groups is 1. The lowest BCUT2D eigenvalue weighted by atomic mass is 10.0. The molecule has 0 bridgehead atoms. The number of carboxylic acid groups (broad SMARTS) is 1. The van der Waals surface area contributed by atoms with Crippen LogP contribution < -0.4 is 48.7 Å². The van der Waals surface area contributed by atoms with Crippen LogP contribution in [0.3, 0.4) is 0 Å². The van der Waals surface area contributed by atoms with Gasteiger partial charge in [0.1, 0.15) is 54.0 Å². The summed E-state index contributed by atoms with van der Waals surface area (Å²) < 4.78 is 5.51. The van der Waals surface area contributed by atoms with Gasteiger partial charge in [0.05, 0.1) is 32.2 Å². The lowest BCUT2D eigenvalue weighted by Gasteiger charge is -2.39. The molecule has 7 amide bonds. The van der Waals surface area contributed by atoms with Crippen LogP contribution in [0.2, 0.25) is 0 Å². The van der Waals surface area contributed by atoms with Gasteiger partial charge < -0.3 is 79.0 Å². The van der Waals surface area contributed by atoms with Crippen molar-refractivity contribution in [2.75, 3.05) is 45.1 Å². The number of aliphatic hydroxyl groups excluding tert-OH is 4. The van der Waals surface area contributed by atoms with Crippen LogP contribution in [0.15, 0.2) is 24.3 Å². The van der Waals surface area contributed by atoms with E-state index in [1.165, 1.54) is 25.6 Å². The van der Waals surface area contributed by atoms with E-state index in [0.29, 0.717) is 50.9 Å². The van der Waals surface area contributed by atoms with Crippen molar-refractivity contribution < 1.29 is 73.4 Å². The normalized spacial score (nSPS) is 19.8. The van der Waals surface area contributed by atoms with Crippen molar-refractivity contribution in [1.82, 2.24) is 37.2 Å². The summed E-state index contributed by atoms with van der Waals surface area (Å²) >= 11 is 1.19. The van der Waals surface area contributed by atoms with Gasteiger partial charge in [0.2, 0.25) is 35.4 Å². The van der Waals surface area contributed by atoms with Crippen LogP contribution in [-0.2, 0) is 49.5 Å². The predicted molar refractivity (Wildman–Crippen MR) is 255 cm³/mol. The summed E-state index contributed by atoms with van der Waals surface area (Å²) in [5.41, 5.74) is 11.4. The highest BCUT2D eigenvalue weighted by Gasteiger charge is 2.43. The maximum absolute atomic E-state index is 13.2. The number of carbonyl (C=O) groups excluding carboxylic acids is 8. The molecule has 70 heavy (non-hydrogen) atoms. The minimum atomic E-state index is -1.48. The maximum atomic E-state index is 13.2. The van der Waals surface area contributed by atoms with Crippen molar-refractivity contribution in [2.24, 2.45) is 23.3 Å². The van der Waals surface area contributed by atoms with Gasteiger partial charge in [0.15, 0.2) is 5.78 Å². The Kier molecular flexibility index (Phi) is 27.7. The molecule has 2 rings (SSSR count). The Morgan fingerprint density at radius 2 is 1.20 bits per heavy atom. The molecule has 24 nitrogen and oxygen atoms in total. The van der Waals surface area contributed by atoms with E-state index in [-0.39, 0.29) is 30.7 Å². The molecule has 16 N–H and O–H groups in total. The van der Waals surface area contributed by atoms with Gasteiger partial charge in [0, 0.05) is 5.56 Å². The number of rotatable bonds is 32. The molecule has 0 aromatic heterocycles. The standard InChI is InChI=1S/C45H73N9O15S/c1-24(2)19-31(44(67)68)54-43(66)30(10-6-8-17-47)52-39(62)25(3)32(56)20-48-34(57)21-49-35(58)22-50-42(65)29(9-5-7-16-46)53-40(63)26(4)51-41(64)28-13-11-27(12-14-28)15-18-70-45-38(61)37(60)36(59)33(23-55)69-45/h11-14,24-26,29-31,33,36-38,45,55,59-61H,5-10,15-23,46-47H2,1-4H3,(H,48,57)(H,49,58)(H,50,65)(H,51,64)(H,52,62)(H,53,63)(H,54,66)(H,67,68). The number of nitrogens with one attached hydrogen (secondary N) is 7. The van der Waals surface area contributed by atoms with Crippen molar-refractivity contribution >= 4 is 64.9 Å². The molecule has 25 heteroatoms. The number of hydrogen-bond donors (Lipinski definition) is 14. The third kappa shape index (κ3) is 21.4. The third-order valence-corrected chi connectivity index (χ3v) is 12.3. The first-order valence-electron chi connectivity index (χ1n) is 23.3. The van der Waals surface area contributed by atoms with Crippen LogP contribution in [0.1, 0.15) is 88.6 Å². The lowest BCUT2D eigenvalue weighted by Crippen LogP contribution is -2.57. The van der Waals surface area contributed by atoms with E-state index in [4.69, 9.17) is 16.2 Å². The second kappa shape index (κ2) is 31.8. The summed E-state index contributed by atoms with van der Waals surface area (Å²) in [5, 5.41) is 66.3. The van der Waals surface area contributed by atoms with E-state index in [9.17, 15) is 68.7 Å². The van der Waals surface area contributed by atoms with E-state index in [2.05, 4.69) is 37.2 Å². The van der Waals surface area contributed by atoms with E-state index in [1.807, 2.05) is 0 Å². The van der Waals surface area contributed by atoms with Crippen LogP contribution in [0.25, 0.3) is 0 Å². The quantitative estimate of drug-likeness (QED) is 0.0244. The Labute approximate surface area is 411 Å². The molecule has 10 atom stereocenters. The van der Waals surface area contributed by atoms with Gasteiger partial charge >= 0.3 is 5.97 Å². The van der Waals surface area contributed by atoms with Crippen molar-refractivity contribution in [3.8, 4) is 0 Å². The van der Waals surface area contributed by atoms with Gasteiger partial charge in [-0.25, -0.2) is 4.79 Å². The number of carbonyl (C=O) groups is 9. The molecule has 1 aromatic rings. The summed E-state index contributed by atoms with van der Waals surface area (Å²) in [6.07, 6.45) is -2.46. The number of nitrogens with two attached hydrogens (primary N) is 2. The van der Waals surface area contributed by atoms with E-state index in [1.54, 1.807) is 38.1 Å². The molecule has 0 radical (unpaired) electrons. The Morgan fingerprint density at radius 3 is 1.76 bits per heavy atom. The monoisotopic (exact) mass is 1010 g/mol. The molecular weight excluding hydrogens is 939 g/mol. The van der Waals surface area contributed by atoms with Crippen molar-refractivity contribution in [1.29, 1.82) is 0 Å². The first kappa shape index (κ1) is 60.8. The molecule has 0 aliphatic carbocycles. The number of aryl methyl sites for hydroxylation is 1. The Morgan fingerprint density at radius 1 is 0.657 bits per heavy atom. The zero-order chi connectivity index (χ0) is 52.5. The first-order valence-corrected chi connectivity index (χ1v) is 24.4. The fraction of sp³-hybridized carbons (Fsp3) is 0.667. The highest BCUT2D eigenvalue weighted by Crippen LogP contribution is 2.29. The number of hydrogen-bond acceptors (Lipinski definition) is 17. The third-order valence-electron chi connectivity index (χ3n) is 11.2. The molecule has 1 aromatic carbocycles. The highest BCUT2D eigenvalue weighted by molar-refractivity contribution is 7.99. The number of Topliss-reactive ketones (excluding diaryl/α,β-unsaturated/α-hetero) is 1. The summed E-state index contributed by atoms with van der Waals surface area (Å²) in [7, 11) is 0. The van der Waals surface area contributed by atoms with Crippen LogP contribution in [0, 0.1) is 11.8 Å². The number of unbranched alkanes of at least 4 members (excludes halogenated alkanes) is 2. The van der Waals surface area contributed by atoms with Gasteiger partial charge in [-0.05, 0) is 108 Å². The van der Waals surface area contributed by atoms with Crippen LogP contribution in [-0.4, -0.2) is 178 Å². The van der Waals surface area contributed by atoms with Crippen LogP contribution >= 0.6 is 11.8 Å². The molecule has 10 unspecified atom stereocenters. The minimum absolute atomic E-state index is 0.0469. The molecule has 1 aliphatic rings. The van der Waals surface area contributed by atoms with Gasteiger partial charge in [-0.3, -0.25) is 38.4 Å². The van der Waals surface area contributed by atoms with Crippen molar-refractivity contribution in [3.63, 3.8) is 0 Å².